The van der Waals surface area contributed by atoms with E-state index in [1.807, 2.05) is 6.08 Å². The number of carbonyl (C=O) groups excluding carboxylic acids is 1. The number of rotatable bonds is 47. The van der Waals surface area contributed by atoms with E-state index in [0.717, 1.165) is 83.5 Å². The molecule has 4 nitrogen and oxygen atoms in total. The number of nitrogens with one attached hydrogen (secondary N) is 1. The molecule has 2 atom stereocenters. The van der Waals surface area contributed by atoms with Gasteiger partial charge >= 0.3 is 0 Å². The fourth-order valence-corrected chi connectivity index (χ4v) is 7.39. The second-order valence-electron chi connectivity index (χ2n) is 17.6. The van der Waals surface area contributed by atoms with Crippen LogP contribution in [0.25, 0.3) is 0 Å². The van der Waals surface area contributed by atoms with Crippen LogP contribution in [0.2, 0.25) is 0 Å². The number of allylic oxidation sites excluding steroid dienone is 19. The maximum absolute atomic E-state index is 12.4. The zero-order chi connectivity index (χ0) is 46.3. The topological polar surface area (TPSA) is 69.6 Å². The summed E-state index contributed by atoms with van der Waals surface area (Å²) in [5, 5.41) is 23.0. The van der Waals surface area contributed by atoms with Gasteiger partial charge in [-0.2, -0.15) is 0 Å². The van der Waals surface area contributed by atoms with Crippen molar-refractivity contribution in [2.45, 2.75) is 244 Å². The van der Waals surface area contributed by atoms with Crippen molar-refractivity contribution < 1.29 is 15.0 Å². The lowest BCUT2D eigenvalue weighted by molar-refractivity contribution is -0.123. The Morgan fingerprint density at radius 3 is 1.09 bits per heavy atom. The van der Waals surface area contributed by atoms with Gasteiger partial charge < -0.3 is 15.5 Å². The molecular formula is C60H101NO3. The molecule has 0 saturated carbocycles. The van der Waals surface area contributed by atoms with Gasteiger partial charge in [-0.1, -0.05) is 251 Å². The maximum atomic E-state index is 12.4. The first kappa shape index (κ1) is 60.8. The third-order valence-electron chi connectivity index (χ3n) is 11.4. The largest absolute Gasteiger partial charge is 0.394 e. The van der Waals surface area contributed by atoms with Crippen LogP contribution in [0.15, 0.2) is 122 Å². The highest BCUT2D eigenvalue weighted by atomic mass is 16.3. The zero-order valence-corrected chi connectivity index (χ0v) is 41.8. The van der Waals surface area contributed by atoms with Crippen LogP contribution >= 0.6 is 0 Å². The van der Waals surface area contributed by atoms with E-state index in [0.29, 0.717) is 6.42 Å². The standard InChI is InChI=1S/C60H101NO3/c1-3-5-7-9-11-13-15-16-17-18-19-20-21-22-23-24-25-26-27-28-29-30-31-32-33-34-35-36-37-38-39-40-41-42-43-44-46-48-50-52-54-56-60(64)61-58(57-62)59(63)55-53-51-49-47-45-14-12-10-8-6-4-2/h5,7,11,13,16-17,19-20,22-23,25-26,28-29,31-32,45,47,53,55,58-59,62-63H,3-4,6,8-10,12,14-15,18,21,24,27,30,33-44,46,48-52,54,56-57H2,1-2H3,(H,61,64)/b7-5-,13-11-,17-16-,20-19-,23-22-,26-25-,29-28-,32-31-,47-45+,55-53+. The normalized spacial score (nSPS) is 13.9. The van der Waals surface area contributed by atoms with Gasteiger partial charge in [0, 0.05) is 6.42 Å². The third kappa shape index (κ3) is 49.8. The minimum absolute atomic E-state index is 0.0791. The van der Waals surface area contributed by atoms with Crippen molar-refractivity contribution in [1.29, 1.82) is 0 Å². The van der Waals surface area contributed by atoms with E-state index >= 15 is 0 Å². The molecule has 64 heavy (non-hydrogen) atoms. The van der Waals surface area contributed by atoms with Gasteiger partial charge in [-0.25, -0.2) is 0 Å². The minimum Gasteiger partial charge on any atom is -0.394 e. The highest BCUT2D eigenvalue weighted by Crippen LogP contribution is 2.15. The Morgan fingerprint density at radius 2 is 0.703 bits per heavy atom. The zero-order valence-electron chi connectivity index (χ0n) is 41.8. The second-order valence-corrected chi connectivity index (χ2v) is 17.6. The van der Waals surface area contributed by atoms with Gasteiger partial charge in [0.2, 0.25) is 5.91 Å². The van der Waals surface area contributed by atoms with Gasteiger partial charge in [0.1, 0.15) is 0 Å². The van der Waals surface area contributed by atoms with Crippen molar-refractivity contribution in [2.24, 2.45) is 0 Å². The summed E-state index contributed by atoms with van der Waals surface area (Å²) < 4.78 is 0. The molecular weight excluding hydrogens is 783 g/mol. The highest BCUT2D eigenvalue weighted by Gasteiger charge is 2.17. The van der Waals surface area contributed by atoms with E-state index in [4.69, 9.17) is 0 Å². The summed E-state index contributed by atoms with van der Waals surface area (Å²) in [6.07, 6.45) is 83.6. The van der Waals surface area contributed by atoms with Gasteiger partial charge in [-0.15, -0.1) is 0 Å². The molecule has 0 aliphatic carbocycles. The van der Waals surface area contributed by atoms with E-state index in [2.05, 4.69) is 129 Å². The lowest BCUT2D eigenvalue weighted by atomic mass is 10.0. The average Bonchev–Trinajstić information content (AvgIpc) is 3.30. The predicted octanol–water partition coefficient (Wildman–Crippen LogP) is 17.7. The molecule has 0 spiro atoms. The Balaban J connectivity index is 3.53. The average molecular weight is 884 g/mol. The molecule has 0 saturated heterocycles. The summed E-state index contributed by atoms with van der Waals surface area (Å²) in [5.41, 5.74) is 0. The van der Waals surface area contributed by atoms with E-state index in [1.165, 1.54) is 128 Å². The molecule has 0 aromatic rings. The number of carbonyl (C=O) groups is 1. The smallest absolute Gasteiger partial charge is 0.220 e. The first-order valence-electron chi connectivity index (χ1n) is 26.7. The van der Waals surface area contributed by atoms with Crippen LogP contribution in [-0.4, -0.2) is 34.9 Å². The van der Waals surface area contributed by atoms with Crippen LogP contribution < -0.4 is 5.32 Å². The van der Waals surface area contributed by atoms with Gasteiger partial charge in [-0.05, 0) is 96.3 Å². The Hall–Kier alpha value is -3.21. The number of hydrogen-bond acceptors (Lipinski definition) is 3. The lowest BCUT2D eigenvalue weighted by Crippen LogP contribution is -2.45. The van der Waals surface area contributed by atoms with E-state index in [9.17, 15) is 15.0 Å². The quantitative estimate of drug-likeness (QED) is 0.0421. The monoisotopic (exact) mass is 884 g/mol. The summed E-state index contributed by atoms with van der Waals surface area (Å²) in [6, 6.07) is -0.643. The molecule has 0 rings (SSSR count). The fraction of sp³-hybridized carbons (Fsp3) is 0.650. The van der Waals surface area contributed by atoms with Crippen LogP contribution in [0.1, 0.15) is 232 Å². The first-order valence-corrected chi connectivity index (χ1v) is 26.7. The molecule has 0 aliphatic heterocycles. The Bertz CT molecular complexity index is 1280. The fourth-order valence-electron chi connectivity index (χ4n) is 7.39. The summed E-state index contributed by atoms with van der Waals surface area (Å²) >= 11 is 0. The molecule has 3 N–H and O–H groups in total. The summed E-state index contributed by atoms with van der Waals surface area (Å²) in [6.45, 7) is 4.15. The van der Waals surface area contributed by atoms with Crippen molar-refractivity contribution >= 4 is 5.91 Å². The number of aliphatic hydroxyl groups is 2. The molecule has 0 aromatic carbocycles. The van der Waals surface area contributed by atoms with E-state index in [-0.39, 0.29) is 12.5 Å². The highest BCUT2D eigenvalue weighted by molar-refractivity contribution is 5.76. The third-order valence-corrected chi connectivity index (χ3v) is 11.4. The minimum atomic E-state index is -0.865. The van der Waals surface area contributed by atoms with Gasteiger partial charge in [0.05, 0.1) is 18.8 Å². The molecule has 0 bridgehead atoms. The molecule has 0 aliphatic rings. The van der Waals surface area contributed by atoms with Crippen molar-refractivity contribution in [3.05, 3.63) is 122 Å². The summed E-state index contributed by atoms with van der Waals surface area (Å²) in [5.74, 6) is -0.0791. The molecule has 1 amide bonds. The molecule has 364 valence electrons. The second kappa shape index (κ2) is 54.1. The van der Waals surface area contributed by atoms with Gasteiger partial charge in [-0.3, -0.25) is 4.79 Å². The predicted molar refractivity (Wildman–Crippen MR) is 285 cm³/mol. The Kier molecular flexibility index (Phi) is 51.4. The molecule has 4 heteroatoms. The molecule has 0 radical (unpaired) electrons. The van der Waals surface area contributed by atoms with Crippen LogP contribution in [0, 0.1) is 0 Å². The van der Waals surface area contributed by atoms with Crippen molar-refractivity contribution in [3.8, 4) is 0 Å². The van der Waals surface area contributed by atoms with Crippen molar-refractivity contribution in [2.75, 3.05) is 6.61 Å². The maximum Gasteiger partial charge on any atom is 0.220 e. The van der Waals surface area contributed by atoms with E-state index < -0.39 is 12.1 Å². The first-order chi connectivity index (χ1) is 31.7. The Morgan fingerprint density at radius 1 is 0.391 bits per heavy atom. The molecule has 0 aromatic heterocycles. The summed E-state index contributed by atoms with van der Waals surface area (Å²) in [7, 11) is 0. The number of amides is 1. The SMILES string of the molecule is CC/C=C\C/C=C\C/C=C\C/C=C\C/C=C\C/C=C\C/C=C\C/C=C\CCCCCCCCCCCCCCCCCCC(=O)NC(CO)C(O)/C=C/CC/C=C/CCCCCCC. The van der Waals surface area contributed by atoms with Crippen LogP contribution in [0.5, 0.6) is 0 Å². The van der Waals surface area contributed by atoms with Crippen LogP contribution in [0.4, 0.5) is 0 Å². The van der Waals surface area contributed by atoms with Gasteiger partial charge in [0.25, 0.3) is 0 Å². The molecule has 0 fully saturated rings. The molecule has 0 heterocycles. The van der Waals surface area contributed by atoms with Crippen LogP contribution in [0.3, 0.4) is 0 Å². The van der Waals surface area contributed by atoms with E-state index in [1.54, 1.807) is 6.08 Å². The summed E-state index contributed by atoms with van der Waals surface area (Å²) in [4.78, 5) is 12.4. The lowest BCUT2D eigenvalue weighted by Gasteiger charge is -2.19. The Labute approximate surface area is 397 Å². The van der Waals surface area contributed by atoms with Crippen molar-refractivity contribution in [3.63, 3.8) is 0 Å². The van der Waals surface area contributed by atoms with Crippen molar-refractivity contribution in [1.82, 2.24) is 5.32 Å². The van der Waals surface area contributed by atoms with Crippen LogP contribution in [-0.2, 0) is 4.79 Å². The number of unbranched alkanes of at least 4 members (excludes halogenated alkanes) is 22. The number of hydrogen-bond donors (Lipinski definition) is 3. The molecule has 2 unspecified atom stereocenters. The van der Waals surface area contributed by atoms with Gasteiger partial charge in [0.15, 0.2) is 0 Å². The number of aliphatic hydroxyl groups excluding tert-OH is 2.